The molecule has 1 aromatic heterocycles. The van der Waals surface area contributed by atoms with E-state index in [4.69, 9.17) is 5.73 Å². The molecule has 0 radical (unpaired) electrons. The lowest BCUT2D eigenvalue weighted by Crippen LogP contribution is -2.26. The van der Waals surface area contributed by atoms with E-state index in [1.165, 1.54) is 4.88 Å². The lowest BCUT2D eigenvalue weighted by atomic mass is 10.2. The number of rotatable bonds is 5. The van der Waals surface area contributed by atoms with Gasteiger partial charge in [-0.25, -0.2) is 0 Å². The van der Waals surface area contributed by atoms with Gasteiger partial charge in [0, 0.05) is 11.3 Å². The summed E-state index contributed by atoms with van der Waals surface area (Å²) in [7, 11) is 0. The predicted molar refractivity (Wildman–Crippen MR) is 66.4 cm³/mol. The fraction of sp³-hybridized carbons (Fsp3) is 0.500. The average molecular weight is 249 g/mol. The molecule has 5 heteroatoms. The summed E-state index contributed by atoms with van der Waals surface area (Å²) in [6, 6.07) is 4.13. The van der Waals surface area contributed by atoms with Crippen LogP contribution in [0.25, 0.3) is 0 Å². The van der Waals surface area contributed by atoms with Gasteiger partial charge in [0.1, 0.15) is 0 Å². The molecule has 1 heterocycles. The maximum absolute atomic E-state index is 11.3. The minimum atomic E-state index is 0. The quantitative estimate of drug-likeness (QED) is 0.838. The van der Waals surface area contributed by atoms with Gasteiger partial charge < -0.3 is 11.1 Å². The van der Waals surface area contributed by atoms with Gasteiger partial charge in [0.05, 0.1) is 6.04 Å². The van der Waals surface area contributed by atoms with Crippen LogP contribution in [-0.4, -0.2) is 12.5 Å². The molecule has 1 unspecified atom stereocenters. The highest BCUT2D eigenvalue weighted by Crippen LogP contribution is 2.17. The summed E-state index contributed by atoms with van der Waals surface area (Å²) in [5.41, 5.74) is 5.32. The fourth-order valence-corrected chi connectivity index (χ4v) is 1.92. The van der Waals surface area contributed by atoms with Gasteiger partial charge in [0.2, 0.25) is 5.91 Å². The van der Waals surface area contributed by atoms with Crippen molar-refractivity contribution >= 4 is 29.7 Å². The van der Waals surface area contributed by atoms with Gasteiger partial charge in [-0.3, -0.25) is 4.79 Å². The molecule has 1 rings (SSSR count). The van der Waals surface area contributed by atoms with Crippen LogP contribution in [0, 0.1) is 0 Å². The minimum absolute atomic E-state index is 0. The van der Waals surface area contributed by atoms with E-state index in [9.17, 15) is 4.79 Å². The Balaban J connectivity index is 0.00000196. The van der Waals surface area contributed by atoms with Crippen LogP contribution >= 0.6 is 23.7 Å². The molecule has 1 amide bonds. The van der Waals surface area contributed by atoms with E-state index in [1.807, 2.05) is 24.4 Å². The first-order valence-corrected chi connectivity index (χ1v) is 5.65. The molecule has 0 aliphatic carbocycles. The second kappa shape index (κ2) is 7.68. The van der Waals surface area contributed by atoms with E-state index in [-0.39, 0.29) is 24.4 Å². The van der Waals surface area contributed by atoms with Crippen molar-refractivity contribution in [1.82, 2.24) is 5.32 Å². The van der Waals surface area contributed by atoms with Gasteiger partial charge in [0.15, 0.2) is 0 Å². The van der Waals surface area contributed by atoms with Crippen molar-refractivity contribution < 1.29 is 4.79 Å². The molecule has 3 N–H and O–H groups in total. The van der Waals surface area contributed by atoms with Crippen LogP contribution in [0.2, 0.25) is 0 Å². The summed E-state index contributed by atoms with van der Waals surface area (Å²) in [4.78, 5) is 12.5. The molecule has 0 aliphatic heterocycles. The lowest BCUT2D eigenvalue weighted by molar-refractivity contribution is -0.121. The van der Waals surface area contributed by atoms with E-state index < -0.39 is 0 Å². The summed E-state index contributed by atoms with van der Waals surface area (Å²) in [6.45, 7) is 2.56. The van der Waals surface area contributed by atoms with Gasteiger partial charge in [-0.2, -0.15) is 0 Å². The Morgan fingerprint density at radius 2 is 2.40 bits per heavy atom. The largest absolute Gasteiger partial charge is 0.349 e. The second-order valence-corrected chi connectivity index (χ2v) is 4.18. The number of hydrogen-bond donors (Lipinski definition) is 2. The Morgan fingerprint density at radius 3 is 2.93 bits per heavy atom. The van der Waals surface area contributed by atoms with E-state index in [0.29, 0.717) is 13.0 Å². The molecule has 0 bridgehead atoms. The van der Waals surface area contributed by atoms with E-state index in [1.54, 1.807) is 11.3 Å². The normalized spacial score (nSPS) is 11.6. The maximum Gasteiger partial charge on any atom is 0.220 e. The minimum Gasteiger partial charge on any atom is -0.349 e. The zero-order valence-corrected chi connectivity index (χ0v) is 10.4. The topological polar surface area (TPSA) is 55.1 Å². The first-order chi connectivity index (χ1) is 6.74. The Morgan fingerprint density at radius 1 is 1.67 bits per heavy atom. The van der Waals surface area contributed by atoms with Gasteiger partial charge >= 0.3 is 0 Å². The van der Waals surface area contributed by atoms with Crippen molar-refractivity contribution in [3.05, 3.63) is 22.4 Å². The monoisotopic (exact) mass is 248 g/mol. The van der Waals surface area contributed by atoms with Crippen LogP contribution in [0.4, 0.5) is 0 Å². The van der Waals surface area contributed by atoms with Crippen molar-refractivity contribution in [3.63, 3.8) is 0 Å². The zero-order valence-electron chi connectivity index (χ0n) is 8.73. The van der Waals surface area contributed by atoms with Crippen molar-refractivity contribution in [3.8, 4) is 0 Å². The summed E-state index contributed by atoms with van der Waals surface area (Å²) in [5, 5.41) is 4.94. The Kier molecular flexibility index (Phi) is 7.38. The van der Waals surface area contributed by atoms with Crippen molar-refractivity contribution in [2.24, 2.45) is 5.73 Å². The van der Waals surface area contributed by atoms with Gasteiger partial charge in [-0.1, -0.05) is 6.07 Å². The van der Waals surface area contributed by atoms with Crippen LogP contribution in [0.5, 0.6) is 0 Å². The number of nitrogens with two attached hydrogens (primary N) is 1. The summed E-state index contributed by atoms with van der Waals surface area (Å²) >= 11 is 1.66. The maximum atomic E-state index is 11.3. The number of amides is 1. The van der Waals surface area contributed by atoms with Crippen molar-refractivity contribution in [1.29, 1.82) is 0 Å². The molecule has 0 fully saturated rings. The summed E-state index contributed by atoms with van der Waals surface area (Å²) < 4.78 is 0. The molecule has 0 aromatic carbocycles. The third-order valence-corrected chi connectivity index (χ3v) is 3.01. The first kappa shape index (κ1) is 14.4. The third-order valence-electron chi connectivity index (χ3n) is 1.96. The standard InChI is InChI=1S/C10H16N2OS.ClH/c1-8(9-4-3-7-14-9)12-10(13)5-2-6-11;/h3-4,7-8H,2,5-6,11H2,1H3,(H,12,13);1H. The molecule has 0 saturated carbocycles. The lowest BCUT2D eigenvalue weighted by Gasteiger charge is -2.11. The highest BCUT2D eigenvalue weighted by Gasteiger charge is 2.09. The van der Waals surface area contributed by atoms with Crippen LogP contribution in [0.15, 0.2) is 17.5 Å². The molecule has 15 heavy (non-hydrogen) atoms. The number of nitrogens with one attached hydrogen (secondary N) is 1. The Hall–Kier alpha value is -0.580. The smallest absolute Gasteiger partial charge is 0.220 e. The van der Waals surface area contributed by atoms with Gasteiger partial charge in [0.25, 0.3) is 0 Å². The molecule has 1 atom stereocenters. The molecular formula is C10H17ClN2OS. The van der Waals surface area contributed by atoms with Crippen LogP contribution in [-0.2, 0) is 4.79 Å². The number of hydrogen-bond acceptors (Lipinski definition) is 3. The number of carbonyl (C=O) groups is 1. The highest BCUT2D eigenvalue weighted by molar-refractivity contribution is 7.10. The number of carbonyl (C=O) groups excluding carboxylic acids is 1. The van der Waals surface area contributed by atoms with Crippen molar-refractivity contribution in [2.75, 3.05) is 6.54 Å². The van der Waals surface area contributed by atoms with Gasteiger partial charge in [-0.05, 0) is 31.3 Å². The first-order valence-electron chi connectivity index (χ1n) is 4.77. The fourth-order valence-electron chi connectivity index (χ4n) is 1.19. The average Bonchev–Trinajstić information content (AvgIpc) is 2.67. The molecule has 0 saturated heterocycles. The van der Waals surface area contributed by atoms with Crippen LogP contribution in [0.3, 0.4) is 0 Å². The van der Waals surface area contributed by atoms with Crippen LogP contribution < -0.4 is 11.1 Å². The van der Waals surface area contributed by atoms with Gasteiger partial charge in [-0.15, -0.1) is 23.7 Å². The Bertz CT molecular complexity index is 277. The highest BCUT2D eigenvalue weighted by atomic mass is 35.5. The zero-order chi connectivity index (χ0) is 10.4. The SMILES string of the molecule is CC(NC(=O)CCCN)c1cccs1.Cl. The second-order valence-electron chi connectivity index (χ2n) is 3.20. The number of thiophene rings is 1. The molecule has 1 aromatic rings. The molecule has 0 spiro atoms. The van der Waals surface area contributed by atoms with E-state index in [2.05, 4.69) is 5.32 Å². The third kappa shape index (κ3) is 5.16. The molecular weight excluding hydrogens is 232 g/mol. The Labute approximate surface area is 100 Å². The molecule has 3 nitrogen and oxygen atoms in total. The van der Waals surface area contributed by atoms with Crippen molar-refractivity contribution in [2.45, 2.75) is 25.8 Å². The van der Waals surface area contributed by atoms with E-state index in [0.717, 1.165) is 6.42 Å². The molecule has 86 valence electrons. The summed E-state index contributed by atoms with van der Waals surface area (Å²) in [5.74, 6) is 0.0800. The predicted octanol–water partition coefficient (Wildman–Crippen LogP) is 2.09. The van der Waals surface area contributed by atoms with E-state index >= 15 is 0 Å². The summed E-state index contributed by atoms with van der Waals surface area (Å²) in [6.07, 6.45) is 1.27. The van der Waals surface area contributed by atoms with Crippen LogP contribution in [0.1, 0.15) is 30.7 Å². The number of halogens is 1. The molecule has 0 aliphatic rings.